The fourth-order valence-corrected chi connectivity index (χ4v) is 3.42. The van der Waals surface area contributed by atoms with Crippen molar-refractivity contribution in [2.75, 3.05) is 32.2 Å². The van der Waals surface area contributed by atoms with E-state index >= 15 is 0 Å². The van der Waals surface area contributed by atoms with Gasteiger partial charge in [0.1, 0.15) is 29.8 Å². The molecule has 0 aliphatic heterocycles. The minimum atomic E-state index is -1.42. The third-order valence-corrected chi connectivity index (χ3v) is 4.99. The highest BCUT2D eigenvalue weighted by Gasteiger charge is 2.23. The van der Waals surface area contributed by atoms with Gasteiger partial charge in [-0.2, -0.15) is 0 Å². The maximum Gasteiger partial charge on any atom is 0.164 e. The number of hydrogen-bond acceptors (Lipinski definition) is 8. The lowest BCUT2D eigenvalue weighted by atomic mass is 9.98. The maximum atomic E-state index is 10.5. The lowest BCUT2D eigenvalue weighted by Gasteiger charge is -2.26. The van der Waals surface area contributed by atoms with Crippen LogP contribution in [0.5, 0.6) is 11.5 Å². The number of phenols is 1. The normalized spacial score (nSPS) is 11.3. The zero-order valence-corrected chi connectivity index (χ0v) is 18.8. The highest BCUT2D eigenvalue weighted by molar-refractivity contribution is 6.24. The SMILES string of the molecule is COc1cc(O)c(C(=N)N(C(=N)CO)c2ccc(CN(C)CC(O)O)cc2)cc1C(C)C. The number of aliphatic hydroxyl groups excluding tert-OH is 2. The van der Waals surface area contributed by atoms with E-state index in [0.717, 1.165) is 11.1 Å². The van der Waals surface area contributed by atoms with Gasteiger partial charge in [0.25, 0.3) is 0 Å². The number of nitrogens with zero attached hydrogens (tertiary/aromatic N) is 2. The van der Waals surface area contributed by atoms with Crippen molar-refractivity contribution in [3.63, 3.8) is 0 Å². The molecule has 0 saturated heterocycles. The number of hydrogen-bond donors (Lipinski definition) is 6. The second-order valence-corrected chi connectivity index (χ2v) is 7.90. The average Bonchev–Trinajstić information content (AvgIpc) is 2.73. The van der Waals surface area contributed by atoms with Crippen molar-refractivity contribution in [3.05, 3.63) is 53.1 Å². The maximum absolute atomic E-state index is 10.5. The summed E-state index contributed by atoms with van der Waals surface area (Å²) in [6.45, 7) is 3.93. The number of benzene rings is 2. The number of likely N-dealkylation sites (N-methyl/N-ethyl adjacent to an activating group) is 1. The van der Waals surface area contributed by atoms with Crippen LogP contribution in [0, 0.1) is 10.8 Å². The van der Waals surface area contributed by atoms with Gasteiger partial charge in [-0.05, 0) is 42.3 Å². The average molecular weight is 445 g/mol. The number of ether oxygens (including phenoxy) is 1. The second-order valence-electron chi connectivity index (χ2n) is 7.90. The number of aromatic hydroxyl groups is 1. The molecule has 0 bridgehead atoms. The van der Waals surface area contributed by atoms with Crippen LogP contribution in [0.1, 0.15) is 36.5 Å². The van der Waals surface area contributed by atoms with E-state index in [1.54, 1.807) is 42.3 Å². The summed E-state index contributed by atoms with van der Waals surface area (Å²) >= 11 is 0. The molecule has 0 spiro atoms. The summed E-state index contributed by atoms with van der Waals surface area (Å²) in [5.74, 6) is 0.0626. The standard InChI is InChI=1S/C23H32N4O5/c1-14(2)17-9-18(19(29)10-20(17)32-4)23(25)27(21(24)13-28)16-7-5-15(6-8-16)11-26(3)12-22(30)31/h5-10,14,22,24-25,28-31H,11-13H2,1-4H3. The van der Waals surface area contributed by atoms with Crippen molar-refractivity contribution in [3.8, 4) is 11.5 Å². The van der Waals surface area contributed by atoms with Crippen LogP contribution in [0.25, 0.3) is 0 Å². The summed E-state index contributed by atoms with van der Waals surface area (Å²) in [6, 6.07) is 10.1. The molecule has 9 nitrogen and oxygen atoms in total. The minimum absolute atomic E-state index is 0.0801. The molecule has 32 heavy (non-hydrogen) atoms. The number of rotatable bonds is 9. The number of anilines is 1. The van der Waals surface area contributed by atoms with Crippen LogP contribution in [0.4, 0.5) is 5.69 Å². The Balaban J connectivity index is 2.40. The number of aliphatic hydroxyl groups is 3. The summed E-state index contributed by atoms with van der Waals surface area (Å²) in [7, 11) is 3.27. The Bertz CT molecular complexity index is 944. The Morgan fingerprint density at radius 1 is 1.09 bits per heavy atom. The molecule has 0 aliphatic rings. The second kappa shape index (κ2) is 11.1. The first kappa shape index (κ1) is 25.3. The predicted molar refractivity (Wildman–Crippen MR) is 124 cm³/mol. The summed E-state index contributed by atoms with van der Waals surface area (Å²) in [5.41, 5.74) is 2.40. The van der Waals surface area contributed by atoms with Crippen molar-refractivity contribution in [2.45, 2.75) is 32.6 Å². The van der Waals surface area contributed by atoms with Gasteiger partial charge in [-0.15, -0.1) is 0 Å². The molecule has 0 amide bonds. The van der Waals surface area contributed by atoms with E-state index in [1.807, 2.05) is 13.8 Å². The van der Waals surface area contributed by atoms with Gasteiger partial charge in [-0.1, -0.05) is 26.0 Å². The molecule has 6 N–H and O–H groups in total. The molecule has 0 heterocycles. The number of phenolic OH excluding ortho intramolecular Hbond substituents is 1. The first-order valence-corrected chi connectivity index (χ1v) is 10.2. The van der Waals surface area contributed by atoms with Crippen LogP contribution in [-0.4, -0.2) is 70.6 Å². The van der Waals surface area contributed by atoms with Gasteiger partial charge >= 0.3 is 0 Å². The Morgan fingerprint density at radius 2 is 1.72 bits per heavy atom. The van der Waals surface area contributed by atoms with Crippen LogP contribution in [0.2, 0.25) is 0 Å². The van der Waals surface area contributed by atoms with E-state index in [9.17, 15) is 10.2 Å². The van der Waals surface area contributed by atoms with E-state index in [4.69, 9.17) is 25.8 Å². The molecule has 2 rings (SSSR count). The zero-order valence-electron chi connectivity index (χ0n) is 18.8. The smallest absolute Gasteiger partial charge is 0.164 e. The molecule has 2 aromatic rings. The monoisotopic (exact) mass is 444 g/mol. The van der Waals surface area contributed by atoms with E-state index in [-0.39, 0.29) is 35.4 Å². The Hall–Kier alpha value is -2.98. The molecule has 0 atom stereocenters. The minimum Gasteiger partial charge on any atom is -0.507 e. The van der Waals surface area contributed by atoms with E-state index < -0.39 is 12.9 Å². The molecule has 174 valence electrons. The Morgan fingerprint density at radius 3 is 2.22 bits per heavy atom. The molecule has 0 unspecified atom stereocenters. The summed E-state index contributed by atoms with van der Waals surface area (Å²) in [6.07, 6.45) is -1.42. The van der Waals surface area contributed by atoms with Crippen molar-refractivity contribution in [1.29, 1.82) is 10.8 Å². The third kappa shape index (κ3) is 6.04. The van der Waals surface area contributed by atoms with Gasteiger partial charge in [-0.3, -0.25) is 20.6 Å². The molecule has 0 aliphatic carbocycles. The number of nitrogens with one attached hydrogen (secondary N) is 2. The molecule has 0 fully saturated rings. The highest BCUT2D eigenvalue weighted by Crippen LogP contribution is 2.34. The zero-order chi connectivity index (χ0) is 24.0. The van der Waals surface area contributed by atoms with Crippen LogP contribution in [0.15, 0.2) is 36.4 Å². The van der Waals surface area contributed by atoms with Gasteiger partial charge in [0.2, 0.25) is 0 Å². The lowest BCUT2D eigenvalue weighted by molar-refractivity contribution is -0.0584. The van der Waals surface area contributed by atoms with Crippen molar-refractivity contribution >= 4 is 17.4 Å². The van der Waals surface area contributed by atoms with Crippen molar-refractivity contribution in [2.24, 2.45) is 0 Å². The predicted octanol–water partition coefficient (Wildman–Crippen LogP) is 2.07. The molecular weight excluding hydrogens is 412 g/mol. The van der Waals surface area contributed by atoms with Crippen molar-refractivity contribution < 1.29 is 25.2 Å². The van der Waals surface area contributed by atoms with E-state index in [2.05, 4.69) is 0 Å². The largest absolute Gasteiger partial charge is 0.507 e. The van der Waals surface area contributed by atoms with Gasteiger partial charge < -0.3 is 25.2 Å². The van der Waals surface area contributed by atoms with Crippen LogP contribution < -0.4 is 9.64 Å². The fraction of sp³-hybridized carbons (Fsp3) is 0.391. The lowest BCUT2D eigenvalue weighted by Crippen LogP contribution is -2.38. The first-order valence-electron chi connectivity index (χ1n) is 10.2. The van der Waals surface area contributed by atoms with E-state index in [0.29, 0.717) is 18.0 Å². The number of methoxy groups -OCH3 is 1. The summed E-state index contributed by atoms with van der Waals surface area (Å²) in [4.78, 5) is 3.01. The van der Waals surface area contributed by atoms with Gasteiger partial charge in [0.05, 0.1) is 12.7 Å². The highest BCUT2D eigenvalue weighted by atomic mass is 16.5. The Labute approximate surface area is 188 Å². The molecule has 9 heteroatoms. The quantitative estimate of drug-likeness (QED) is 0.197. The summed E-state index contributed by atoms with van der Waals surface area (Å²) < 4.78 is 5.34. The molecule has 2 aromatic carbocycles. The molecule has 0 aromatic heterocycles. The molecule has 0 saturated carbocycles. The first-order chi connectivity index (χ1) is 15.1. The number of amidine groups is 2. The van der Waals surface area contributed by atoms with Crippen LogP contribution in [0.3, 0.4) is 0 Å². The topological polar surface area (TPSA) is 144 Å². The molecule has 0 radical (unpaired) electrons. The van der Waals surface area contributed by atoms with Gasteiger partial charge in [-0.25, -0.2) is 0 Å². The summed E-state index contributed by atoms with van der Waals surface area (Å²) in [5, 5.41) is 55.3. The van der Waals surface area contributed by atoms with Crippen LogP contribution in [-0.2, 0) is 6.54 Å². The third-order valence-electron chi connectivity index (χ3n) is 4.99. The van der Waals surface area contributed by atoms with E-state index in [1.165, 1.54) is 18.1 Å². The van der Waals surface area contributed by atoms with Crippen LogP contribution >= 0.6 is 0 Å². The Kier molecular flexibility index (Phi) is 8.73. The van der Waals surface area contributed by atoms with Gasteiger partial charge in [0, 0.05) is 24.8 Å². The van der Waals surface area contributed by atoms with Crippen molar-refractivity contribution in [1.82, 2.24) is 4.90 Å². The van der Waals surface area contributed by atoms with Gasteiger partial charge in [0.15, 0.2) is 6.29 Å². The molecular formula is C23H32N4O5. The fourth-order valence-electron chi connectivity index (χ4n) is 3.42.